The third kappa shape index (κ3) is 4.66. The Hall–Kier alpha value is -3.69. The Morgan fingerprint density at radius 3 is 2.53 bits per heavy atom. The molecule has 0 saturated carbocycles. The maximum absolute atomic E-state index is 13.5. The lowest BCUT2D eigenvalue weighted by Crippen LogP contribution is -2.24. The first-order valence-electron chi connectivity index (χ1n) is 10.2. The molecule has 0 saturated heterocycles. The van der Waals surface area contributed by atoms with Gasteiger partial charge in [-0.25, -0.2) is 4.98 Å². The average molecular weight is 495 g/mol. The van der Waals surface area contributed by atoms with Crippen LogP contribution in [0.3, 0.4) is 0 Å². The summed E-state index contributed by atoms with van der Waals surface area (Å²) in [7, 11) is 0. The summed E-state index contributed by atoms with van der Waals surface area (Å²) in [5.74, 6) is -0.530. The molecule has 10 heteroatoms. The predicted octanol–water partition coefficient (Wildman–Crippen LogP) is 5.29. The molecule has 0 aliphatic carbocycles. The fourth-order valence-electron chi connectivity index (χ4n) is 3.60. The van der Waals surface area contributed by atoms with Crippen LogP contribution in [0.2, 0.25) is 5.02 Å². The number of non-ortho nitro benzene ring substituents is 1. The van der Waals surface area contributed by atoms with Crippen LogP contribution in [0.4, 0.5) is 11.4 Å². The van der Waals surface area contributed by atoms with Crippen molar-refractivity contribution < 1.29 is 9.72 Å². The van der Waals surface area contributed by atoms with Gasteiger partial charge in [0.2, 0.25) is 5.91 Å². The monoisotopic (exact) mass is 494 g/mol. The Labute approximate surface area is 203 Å². The summed E-state index contributed by atoms with van der Waals surface area (Å²) in [6, 6.07) is 16.6. The number of nitro groups is 1. The first-order valence-corrected chi connectivity index (χ1v) is 11.6. The number of para-hydroxylation sites is 2. The lowest BCUT2D eigenvalue weighted by atomic mass is 10.1. The zero-order valence-electron chi connectivity index (χ0n) is 18.2. The SMILES string of the molecule is Cc1cccc(C)c1-n1c(SCC(=O)Nc2cc([N+](=O)[O-])ccc2Cl)nc2ccccc2c1=O. The summed E-state index contributed by atoms with van der Waals surface area (Å²) in [5, 5.41) is 14.6. The number of fused-ring (bicyclic) bond motifs is 1. The van der Waals surface area contributed by atoms with Gasteiger partial charge in [-0.3, -0.25) is 24.3 Å². The first kappa shape index (κ1) is 23.5. The molecule has 0 aliphatic heterocycles. The van der Waals surface area contributed by atoms with Gasteiger partial charge in [-0.1, -0.05) is 53.7 Å². The molecule has 4 aromatic rings. The Morgan fingerprint density at radius 2 is 1.82 bits per heavy atom. The van der Waals surface area contributed by atoms with Gasteiger partial charge in [0, 0.05) is 12.1 Å². The van der Waals surface area contributed by atoms with E-state index in [0.717, 1.165) is 28.6 Å². The Balaban J connectivity index is 1.70. The highest BCUT2D eigenvalue weighted by Gasteiger charge is 2.18. The van der Waals surface area contributed by atoms with Crippen molar-refractivity contribution in [3.05, 3.63) is 97.3 Å². The number of hydrogen-bond acceptors (Lipinski definition) is 6. The first-order chi connectivity index (χ1) is 16.3. The second kappa shape index (κ2) is 9.66. The summed E-state index contributed by atoms with van der Waals surface area (Å²) in [6.07, 6.45) is 0. The molecular weight excluding hydrogens is 476 g/mol. The van der Waals surface area contributed by atoms with E-state index in [-0.39, 0.29) is 27.7 Å². The van der Waals surface area contributed by atoms with Crippen molar-refractivity contribution in [3.63, 3.8) is 0 Å². The minimum absolute atomic E-state index is 0.0886. The Morgan fingerprint density at radius 1 is 1.12 bits per heavy atom. The number of nitro benzene ring substituents is 1. The molecule has 0 bridgehead atoms. The molecule has 4 rings (SSSR count). The molecule has 0 radical (unpaired) electrons. The van der Waals surface area contributed by atoms with Crippen molar-refractivity contribution in [1.82, 2.24) is 9.55 Å². The number of carbonyl (C=O) groups excluding carboxylic acids is 1. The molecule has 0 fully saturated rings. The van der Waals surface area contributed by atoms with Gasteiger partial charge in [-0.05, 0) is 43.2 Å². The highest BCUT2D eigenvalue weighted by atomic mass is 35.5. The van der Waals surface area contributed by atoms with E-state index in [9.17, 15) is 19.7 Å². The highest BCUT2D eigenvalue weighted by Crippen LogP contribution is 2.28. The van der Waals surface area contributed by atoms with E-state index >= 15 is 0 Å². The summed E-state index contributed by atoms with van der Waals surface area (Å²) >= 11 is 7.18. The number of carbonyl (C=O) groups is 1. The highest BCUT2D eigenvalue weighted by molar-refractivity contribution is 7.99. The van der Waals surface area contributed by atoms with Crippen LogP contribution >= 0.6 is 23.4 Å². The largest absolute Gasteiger partial charge is 0.324 e. The minimum Gasteiger partial charge on any atom is -0.324 e. The van der Waals surface area contributed by atoms with Gasteiger partial charge in [0.05, 0.1) is 38.0 Å². The van der Waals surface area contributed by atoms with E-state index in [1.807, 2.05) is 32.0 Å². The van der Waals surface area contributed by atoms with Gasteiger partial charge >= 0.3 is 0 Å². The van der Waals surface area contributed by atoms with Crippen LogP contribution in [0.1, 0.15) is 11.1 Å². The number of nitrogens with zero attached hydrogens (tertiary/aromatic N) is 3. The van der Waals surface area contributed by atoms with Crippen molar-refractivity contribution in [3.8, 4) is 5.69 Å². The molecular formula is C24H19ClN4O4S. The minimum atomic E-state index is -0.567. The standard InChI is InChI=1S/C24H19ClN4O4S/c1-14-6-5-7-15(2)22(14)28-23(31)17-8-3-4-9-19(17)27-24(28)34-13-21(30)26-20-12-16(29(32)33)10-11-18(20)25/h3-12H,13H2,1-2H3,(H,26,30). The molecule has 1 heterocycles. The van der Waals surface area contributed by atoms with Crippen LogP contribution in [0, 0.1) is 24.0 Å². The van der Waals surface area contributed by atoms with Crippen molar-refractivity contribution in [1.29, 1.82) is 0 Å². The van der Waals surface area contributed by atoms with E-state index in [2.05, 4.69) is 10.3 Å². The third-order valence-electron chi connectivity index (χ3n) is 5.18. The number of halogens is 1. The number of aromatic nitrogens is 2. The fraction of sp³-hybridized carbons (Fsp3) is 0.125. The third-order valence-corrected chi connectivity index (χ3v) is 6.44. The molecule has 3 aromatic carbocycles. The van der Waals surface area contributed by atoms with Crippen molar-refractivity contribution in [2.75, 3.05) is 11.1 Å². The van der Waals surface area contributed by atoms with Crippen LogP contribution < -0.4 is 10.9 Å². The maximum atomic E-state index is 13.5. The molecule has 0 unspecified atom stereocenters. The Bertz CT molecular complexity index is 1480. The molecule has 34 heavy (non-hydrogen) atoms. The van der Waals surface area contributed by atoms with Gasteiger partial charge in [0.15, 0.2) is 5.16 Å². The Kier molecular flexibility index (Phi) is 6.67. The van der Waals surface area contributed by atoms with Crippen LogP contribution in [0.15, 0.2) is 70.6 Å². The zero-order chi connectivity index (χ0) is 24.4. The number of amides is 1. The molecule has 0 atom stereocenters. The van der Waals surface area contributed by atoms with Gasteiger partial charge in [0.1, 0.15) is 0 Å². The molecule has 0 aliphatic rings. The van der Waals surface area contributed by atoms with Crippen LogP contribution in [0.25, 0.3) is 16.6 Å². The summed E-state index contributed by atoms with van der Waals surface area (Å²) in [6.45, 7) is 3.82. The van der Waals surface area contributed by atoms with E-state index in [1.54, 1.807) is 24.3 Å². The number of hydrogen-bond donors (Lipinski definition) is 1. The molecule has 1 amide bonds. The van der Waals surface area contributed by atoms with Crippen molar-refractivity contribution in [2.24, 2.45) is 0 Å². The average Bonchev–Trinajstić information content (AvgIpc) is 2.80. The topological polar surface area (TPSA) is 107 Å². The van der Waals surface area contributed by atoms with Crippen LogP contribution in [-0.2, 0) is 4.79 Å². The summed E-state index contributed by atoms with van der Waals surface area (Å²) in [4.78, 5) is 41.3. The number of anilines is 1. The second-order valence-electron chi connectivity index (χ2n) is 7.55. The molecule has 0 spiro atoms. The predicted molar refractivity (Wildman–Crippen MR) is 134 cm³/mol. The number of nitrogens with one attached hydrogen (secondary N) is 1. The van der Waals surface area contributed by atoms with E-state index in [1.165, 1.54) is 22.8 Å². The van der Waals surface area contributed by atoms with Gasteiger partial charge in [0.25, 0.3) is 11.2 Å². The van der Waals surface area contributed by atoms with E-state index < -0.39 is 10.8 Å². The van der Waals surface area contributed by atoms with Gasteiger partial charge < -0.3 is 5.32 Å². The summed E-state index contributed by atoms with van der Waals surface area (Å²) in [5.41, 5.74) is 2.76. The van der Waals surface area contributed by atoms with E-state index in [0.29, 0.717) is 16.1 Å². The zero-order valence-corrected chi connectivity index (χ0v) is 19.8. The van der Waals surface area contributed by atoms with Crippen molar-refractivity contribution in [2.45, 2.75) is 19.0 Å². The lowest BCUT2D eigenvalue weighted by molar-refractivity contribution is -0.384. The number of aryl methyl sites for hydroxylation is 2. The molecule has 172 valence electrons. The molecule has 8 nitrogen and oxygen atoms in total. The second-order valence-corrected chi connectivity index (χ2v) is 8.90. The molecule has 1 N–H and O–H groups in total. The smallest absolute Gasteiger partial charge is 0.271 e. The fourth-order valence-corrected chi connectivity index (χ4v) is 4.57. The number of thioether (sulfide) groups is 1. The van der Waals surface area contributed by atoms with Gasteiger partial charge in [-0.15, -0.1) is 0 Å². The summed E-state index contributed by atoms with van der Waals surface area (Å²) < 4.78 is 1.53. The number of benzene rings is 3. The number of rotatable bonds is 6. The van der Waals surface area contributed by atoms with Crippen molar-refractivity contribution >= 4 is 51.5 Å². The van der Waals surface area contributed by atoms with Gasteiger partial charge in [-0.2, -0.15) is 0 Å². The van der Waals surface area contributed by atoms with E-state index in [4.69, 9.17) is 11.6 Å². The molecule has 1 aromatic heterocycles. The lowest BCUT2D eigenvalue weighted by Gasteiger charge is -2.17. The quantitative estimate of drug-likeness (QED) is 0.169. The normalized spacial score (nSPS) is 10.9. The maximum Gasteiger partial charge on any atom is 0.271 e. The van der Waals surface area contributed by atoms with Crippen LogP contribution in [-0.4, -0.2) is 26.1 Å². The van der Waals surface area contributed by atoms with Crippen LogP contribution in [0.5, 0.6) is 0 Å².